The average Bonchev–Trinajstić information content (AvgIpc) is 3.44. The van der Waals surface area contributed by atoms with Crippen LogP contribution in [0.15, 0.2) is 76.2 Å². The predicted molar refractivity (Wildman–Crippen MR) is 148 cm³/mol. The van der Waals surface area contributed by atoms with E-state index in [2.05, 4.69) is 44.6 Å². The summed E-state index contributed by atoms with van der Waals surface area (Å²) in [6.45, 7) is 3.78. The van der Waals surface area contributed by atoms with E-state index >= 15 is 0 Å². The molecule has 3 aromatic rings. The Balaban J connectivity index is 0.000000482. The van der Waals surface area contributed by atoms with E-state index in [1.54, 1.807) is 30.5 Å². The Morgan fingerprint density at radius 2 is 1.65 bits per heavy atom. The molecule has 2 heterocycles. The summed E-state index contributed by atoms with van der Waals surface area (Å²) in [5.74, 6) is -1.92. The van der Waals surface area contributed by atoms with E-state index in [9.17, 15) is 18.6 Å². The van der Waals surface area contributed by atoms with Gasteiger partial charge in [-0.15, -0.1) is 0 Å². The van der Waals surface area contributed by atoms with Crippen LogP contribution in [0.5, 0.6) is 0 Å². The maximum Gasteiger partial charge on any atom is 0.328 e. The van der Waals surface area contributed by atoms with E-state index < -0.39 is 22.7 Å². The monoisotopic (exact) mass is 568 g/mol. The number of nitrogens with one attached hydrogen (secondary N) is 1. The van der Waals surface area contributed by atoms with Crippen molar-refractivity contribution < 1.29 is 33.3 Å². The minimum absolute atomic E-state index is 0.0285. The maximum absolute atomic E-state index is 12.4. The lowest BCUT2D eigenvalue weighted by Gasteiger charge is -2.32. The van der Waals surface area contributed by atoms with Crippen LogP contribution in [-0.4, -0.2) is 73.2 Å². The Labute approximate surface area is 234 Å². The molecule has 1 aliphatic rings. The van der Waals surface area contributed by atoms with Gasteiger partial charge in [-0.3, -0.25) is 13.9 Å². The van der Waals surface area contributed by atoms with Gasteiger partial charge < -0.3 is 20.1 Å². The fourth-order valence-corrected chi connectivity index (χ4v) is 4.63. The van der Waals surface area contributed by atoms with E-state index in [-0.39, 0.29) is 17.6 Å². The van der Waals surface area contributed by atoms with E-state index in [1.807, 2.05) is 6.07 Å². The van der Waals surface area contributed by atoms with E-state index in [0.717, 1.165) is 43.8 Å². The lowest BCUT2D eigenvalue weighted by Crippen LogP contribution is -2.35. The Bertz CT molecular complexity index is 1300. The van der Waals surface area contributed by atoms with Crippen molar-refractivity contribution in [1.29, 1.82) is 0 Å². The van der Waals surface area contributed by atoms with E-state index in [1.165, 1.54) is 5.56 Å². The van der Waals surface area contributed by atoms with Gasteiger partial charge in [-0.2, -0.15) is 4.98 Å². The van der Waals surface area contributed by atoms with Crippen LogP contribution < -0.4 is 5.32 Å². The number of rotatable bonds is 10. The molecule has 0 bridgehead atoms. The van der Waals surface area contributed by atoms with Crippen molar-refractivity contribution in [2.75, 3.05) is 25.9 Å². The number of hydrogen-bond acceptors (Lipinski definition) is 8. The second-order valence-electron chi connectivity index (χ2n) is 9.16. The first kappa shape index (κ1) is 30.4. The lowest BCUT2D eigenvalue weighted by molar-refractivity contribution is -0.134. The van der Waals surface area contributed by atoms with Gasteiger partial charge in [0.25, 0.3) is 17.6 Å². The molecule has 0 radical (unpaired) electrons. The van der Waals surface area contributed by atoms with Crippen LogP contribution >= 0.6 is 0 Å². The number of amides is 1. The van der Waals surface area contributed by atoms with Crippen molar-refractivity contribution in [3.63, 3.8) is 0 Å². The molecule has 1 amide bonds. The number of aromatic nitrogens is 2. The summed E-state index contributed by atoms with van der Waals surface area (Å²) in [4.78, 5) is 38.9. The van der Waals surface area contributed by atoms with Gasteiger partial charge in [0, 0.05) is 52.8 Å². The first-order chi connectivity index (χ1) is 19.2. The molecule has 0 spiro atoms. The van der Waals surface area contributed by atoms with Gasteiger partial charge in [0.05, 0.1) is 0 Å². The molecule has 11 nitrogen and oxygen atoms in total. The van der Waals surface area contributed by atoms with E-state index in [0.29, 0.717) is 30.2 Å². The Morgan fingerprint density at radius 1 is 1.02 bits per heavy atom. The molecule has 2 aromatic carbocycles. The van der Waals surface area contributed by atoms with Crippen molar-refractivity contribution in [2.45, 2.75) is 30.7 Å². The largest absolute Gasteiger partial charge is 0.478 e. The van der Waals surface area contributed by atoms with Gasteiger partial charge in [0.15, 0.2) is 0 Å². The van der Waals surface area contributed by atoms with Gasteiger partial charge in [-0.25, -0.2) is 9.59 Å². The molecule has 4 rings (SSSR count). The van der Waals surface area contributed by atoms with Gasteiger partial charge in [-0.1, -0.05) is 35.5 Å². The number of carboxylic acids is 2. The zero-order valence-corrected chi connectivity index (χ0v) is 22.9. The summed E-state index contributed by atoms with van der Waals surface area (Å²) in [5.41, 5.74) is 2.04. The zero-order valence-electron chi connectivity index (χ0n) is 22.1. The number of aliphatic carboxylic acids is 2. The third kappa shape index (κ3) is 10.2. The number of carboxylic acid groups (broad SMARTS) is 2. The number of carbonyl (C=O) groups is 3. The number of benzene rings is 2. The van der Waals surface area contributed by atoms with E-state index in [4.69, 9.17) is 14.7 Å². The number of carbonyl (C=O) groups excluding carboxylic acids is 1. The van der Waals surface area contributed by atoms with Gasteiger partial charge in [0.1, 0.15) is 0 Å². The van der Waals surface area contributed by atoms with Crippen LogP contribution in [0.2, 0.25) is 0 Å². The first-order valence-corrected chi connectivity index (χ1v) is 14.2. The molecule has 1 atom stereocenters. The summed E-state index contributed by atoms with van der Waals surface area (Å²) in [6, 6.07) is 17.6. The third-order valence-corrected chi connectivity index (χ3v) is 7.16. The Kier molecular flexibility index (Phi) is 11.7. The van der Waals surface area contributed by atoms with Crippen LogP contribution in [0, 0.1) is 5.92 Å². The van der Waals surface area contributed by atoms with Gasteiger partial charge >= 0.3 is 11.9 Å². The summed E-state index contributed by atoms with van der Waals surface area (Å²) >= 11 is 0. The minimum atomic E-state index is -1.26. The smallest absolute Gasteiger partial charge is 0.328 e. The van der Waals surface area contributed by atoms with Crippen molar-refractivity contribution in [1.82, 2.24) is 20.4 Å². The van der Waals surface area contributed by atoms with Crippen LogP contribution in [0.4, 0.5) is 0 Å². The molecule has 3 N–H and O–H groups in total. The summed E-state index contributed by atoms with van der Waals surface area (Å²) in [5, 5.41) is 22.3. The standard InChI is InChI=1S/C24H28N4O3S.C4H4O4/c1-32(30)21-9-7-20(8-10-21)24-26-22(27-31-24)23(29)25-14-11-18-12-15-28(16-13-18)17-19-5-3-2-4-6-19;5-3(6)1-2-4(7)8/h2-10,18H,11-17H2,1H3,(H,25,29);1-2H,(H,5,6)(H,7,8)/b;2-1+. The number of nitrogens with zero attached hydrogens (tertiary/aromatic N) is 3. The van der Waals surface area contributed by atoms with Gasteiger partial charge in [-0.05, 0) is 68.1 Å². The van der Waals surface area contributed by atoms with Crippen LogP contribution in [0.1, 0.15) is 35.4 Å². The molecule has 0 saturated carbocycles. The SMILES string of the molecule is CS(=O)c1ccc(-c2nc(C(=O)NCCC3CCN(Cc4ccccc4)CC3)no2)cc1.O=C(O)/C=C/C(=O)O. The second-order valence-corrected chi connectivity index (χ2v) is 10.5. The highest BCUT2D eigenvalue weighted by Gasteiger charge is 2.20. The first-order valence-electron chi connectivity index (χ1n) is 12.7. The highest BCUT2D eigenvalue weighted by molar-refractivity contribution is 7.84. The molecule has 1 saturated heterocycles. The lowest BCUT2D eigenvalue weighted by atomic mass is 9.93. The summed E-state index contributed by atoms with van der Waals surface area (Å²) in [7, 11) is -1.05. The predicted octanol–water partition coefficient (Wildman–Crippen LogP) is 3.22. The molecule has 1 aliphatic heterocycles. The minimum Gasteiger partial charge on any atom is -0.478 e. The summed E-state index contributed by atoms with van der Waals surface area (Å²) in [6.07, 6.45) is 5.98. The third-order valence-electron chi connectivity index (χ3n) is 6.23. The van der Waals surface area contributed by atoms with Crippen LogP contribution in [0.25, 0.3) is 11.5 Å². The molecular formula is C28H32N4O7S. The van der Waals surface area contributed by atoms with Crippen LogP contribution in [0.3, 0.4) is 0 Å². The average molecular weight is 569 g/mol. The van der Waals surface area contributed by atoms with Crippen molar-refractivity contribution in [3.8, 4) is 11.5 Å². The molecular weight excluding hydrogens is 536 g/mol. The number of hydrogen-bond donors (Lipinski definition) is 3. The van der Waals surface area contributed by atoms with Gasteiger partial charge in [0.2, 0.25) is 0 Å². The molecule has 1 fully saturated rings. The summed E-state index contributed by atoms with van der Waals surface area (Å²) < 4.78 is 16.7. The zero-order chi connectivity index (χ0) is 28.9. The Morgan fingerprint density at radius 3 is 2.23 bits per heavy atom. The second kappa shape index (κ2) is 15.4. The van der Waals surface area contributed by atoms with Crippen molar-refractivity contribution in [3.05, 3.63) is 78.1 Å². The number of likely N-dealkylation sites (tertiary alicyclic amines) is 1. The fraction of sp³-hybridized carbons (Fsp3) is 0.321. The molecule has 0 aliphatic carbocycles. The van der Waals surface area contributed by atoms with Crippen molar-refractivity contribution in [2.24, 2.45) is 5.92 Å². The molecule has 1 unspecified atom stereocenters. The molecule has 40 heavy (non-hydrogen) atoms. The molecule has 212 valence electrons. The quantitative estimate of drug-likeness (QED) is 0.310. The van der Waals surface area contributed by atoms with Crippen molar-refractivity contribution >= 4 is 28.6 Å². The molecule has 12 heteroatoms. The highest BCUT2D eigenvalue weighted by atomic mass is 32.2. The number of piperidine rings is 1. The molecule has 1 aromatic heterocycles. The highest BCUT2D eigenvalue weighted by Crippen LogP contribution is 2.22. The Hall–Kier alpha value is -4.16. The maximum atomic E-state index is 12.4. The fourth-order valence-electron chi connectivity index (χ4n) is 4.11. The van der Waals surface area contributed by atoms with Crippen LogP contribution in [-0.2, 0) is 26.9 Å². The topological polar surface area (TPSA) is 163 Å². The normalized spacial score (nSPS) is 14.7.